The monoisotopic (exact) mass is 292 g/mol. The molecule has 0 bridgehead atoms. The van der Waals surface area contributed by atoms with Gasteiger partial charge >= 0.3 is 5.97 Å². The molecule has 5 nitrogen and oxygen atoms in total. The smallest absolute Gasteiger partial charge is 0.338 e. The summed E-state index contributed by atoms with van der Waals surface area (Å²) in [5.41, 5.74) is 1.29. The Bertz CT molecular complexity index is 469. The van der Waals surface area contributed by atoms with Gasteiger partial charge in [0, 0.05) is 11.7 Å². The lowest BCUT2D eigenvalue weighted by molar-refractivity contribution is -0.120. The number of rotatable bonds is 7. The molecule has 0 spiro atoms. The summed E-state index contributed by atoms with van der Waals surface area (Å²) in [5, 5.41) is 5.94. The molecular weight excluding hydrogens is 268 g/mol. The van der Waals surface area contributed by atoms with Crippen molar-refractivity contribution in [3.8, 4) is 0 Å². The molecule has 21 heavy (non-hydrogen) atoms. The number of benzene rings is 1. The third kappa shape index (κ3) is 5.85. The van der Waals surface area contributed by atoms with Crippen LogP contribution in [0.5, 0.6) is 0 Å². The number of ether oxygens (including phenoxy) is 1. The Morgan fingerprint density at radius 2 is 1.76 bits per heavy atom. The van der Waals surface area contributed by atoms with Crippen LogP contribution in [-0.2, 0) is 9.53 Å². The van der Waals surface area contributed by atoms with Crippen molar-refractivity contribution >= 4 is 17.6 Å². The topological polar surface area (TPSA) is 67.4 Å². The Kier molecular flexibility index (Phi) is 6.72. The molecule has 0 aliphatic carbocycles. The molecule has 0 aliphatic heterocycles. The van der Waals surface area contributed by atoms with Crippen LogP contribution in [0.3, 0.4) is 0 Å². The molecule has 5 heteroatoms. The molecule has 1 aromatic carbocycles. The van der Waals surface area contributed by atoms with Crippen LogP contribution in [0.4, 0.5) is 5.69 Å². The van der Waals surface area contributed by atoms with Crippen LogP contribution < -0.4 is 10.6 Å². The van der Waals surface area contributed by atoms with Gasteiger partial charge in [-0.05, 0) is 44.0 Å². The SMILES string of the molecule is CCOC(=O)c1ccc(NCC(=O)NC(C)C(C)C)cc1. The van der Waals surface area contributed by atoms with Crippen molar-refractivity contribution in [3.05, 3.63) is 29.8 Å². The van der Waals surface area contributed by atoms with Crippen LogP contribution in [0.15, 0.2) is 24.3 Å². The van der Waals surface area contributed by atoms with Gasteiger partial charge in [0.2, 0.25) is 5.91 Å². The van der Waals surface area contributed by atoms with E-state index in [9.17, 15) is 9.59 Å². The van der Waals surface area contributed by atoms with Crippen LogP contribution in [0.1, 0.15) is 38.1 Å². The quantitative estimate of drug-likeness (QED) is 0.757. The van der Waals surface area contributed by atoms with Gasteiger partial charge in [-0.2, -0.15) is 0 Å². The Labute approximate surface area is 126 Å². The van der Waals surface area contributed by atoms with Crippen LogP contribution in [0, 0.1) is 5.92 Å². The molecule has 116 valence electrons. The van der Waals surface area contributed by atoms with E-state index in [0.717, 1.165) is 5.69 Å². The molecule has 1 atom stereocenters. The molecule has 0 radical (unpaired) electrons. The van der Waals surface area contributed by atoms with Gasteiger partial charge in [0.15, 0.2) is 0 Å². The summed E-state index contributed by atoms with van der Waals surface area (Å²) in [4.78, 5) is 23.2. The molecule has 1 aromatic rings. The fourth-order valence-electron chi connectivity index (χ4n) is 1.59. The lowest BCUT2D eigenvalue weighted by Gasteiger charge is -2.17. The zero-order chi connectivity index (χ0) is 15.8. The van der Waals surface area contributed by atoms with Crippen molar-refractivity contribution in [1.82, 2.24) is 5.32 Å². The first-order chi connectivity index (χ1) is 9.93. The van der Waals surface area contributed by atoms with Gasteiger partial charge in [0.05, 0.1) is 18.7 Å². The highest BCUT2D eigenvalue weighted by atomic mass is 16.5. The highest BCUT2D eigenvalue weighted by Crippen LogP contribution is 2.10. The first-order valence-electron chi connectivity index (χ1n) is 7.24. The second-order valence-electron chi connectivity index (χ2n) is 5.25. The van der Waals surface area contributed by atoms with Gasteiger partial charge < -0.3 is 15.4 Å². The summed E-state index contributed by atoms with van der Waals surface area (Å²) in [5.74, 6) is 0.0102. The molecule has 1 rings (SSSR count). The van der Waals surface area contributed by atoms with E-state index in [0.29, 0.717) is 18.1 Å². The standard InChI is InChI=1S/C16H24N2O3/c1-5-21-16(20)13-6-8-14(9-7-13)17-10-15(19)18-12(4)11(2)3/h6-9,11-12,17H,5,10H2,1-4H3,(H,18,19). The van der Waals surface area contributed by atoms with Crippen LogP contribution in [-0.4, -0.2) is 31.1 Å². The first kappa shape index (κ1) is 17.0. The second-order valence-corrected chi connectivity index (χ2v) is 5.25. The maximum Gasteiger partial charge on any atom is 0.338 e. The van der Waals surface area contributed by atoms with Crippen molar-refractivity contribution in [3.63, 3.8) is 0 Å². The highest BCUT2D eigenvalue weighted by molar-refractivity contribution is 5.90. The molecule has 0 fully saturated rings. The minimum absolute atomic E-state index is 0.0503. The predicted molar refractivity (Wildman–Crippen MR) is 83.3 cm³/mol. The molecule has 0 heterocycles. The average Bonchev–Trinajstić information content (AvgIpc) is 2.45. The van der Waals surface area contributed by atoms with E-state index in [-0.39, 0.29) is 24.5 Å². The van der Waals surface area contributed by atoms with Gasteiger partial charge in [-0.3, -0.25) is 4.79 Å². The minimum atomic E-state index is -0.340. The third-order valence-electron chi connectivity index (χ3n) is 3.24. The predicted octanol–water partition coefficient (Wildman–Crippen LogP) is 2.44. The normalized spacial score (nSPS) is 11.9. The number of carbonyl (C=O) groups excluding carboxylic acids is 2. The Morgan fingerprint density at radius 1 is 1.14 bits per heavy atom. The summed E-state index contributed by atoms with van der Waals surface area (Å²) in [7, 11) is 0. The van der Waals surface area contributed by atoms with E-state index in [4.69, 9.17) is 4.74 Å². The average molecular weight is 292 g/mol. The van der Waals surface area contributed by atoms with Crippen molar-refractivity contribution in [2.45, 2.75) is 33.7 Å². The Hall–Kier alpha value is -2.04. The summed E-state index contributed by atoms with van der Waals surface area (Å²) in [6, 6.07) is 7.01. The van der Waals surface area contributed by atoms with Crippen molar-refractivity contribution in [1.29, 1.82) is 0 Å². The van der Waals surface area contributed by atoms with Gasteiger partial charge in [-0.25, -0.2) is 4.79 Å². The molecule has 1 unspecified atom stereocenters. The Balaban J connectivity index is 2.46. The van der Waals surface area contributed by atoms with Crippen LogP contribution >= 0.6 is 0 Å². The summed E-state index contributed by atoms with van der Waals surface area (Å²) in [6.07, 6.45) is 0. The Morgan fingerprint density at radius 3 is 2.29 bits per heavy atom. The molecule has 0 aromatic heterocycles. The number of carbonyl (C=O) groups is 2. The molecule has 0 saturated carbocycles. The molecule has 0 saturated heterocycles. The highest BCUT2D eigenvalue weighted by Gasteiger charge is 2.10. The first-order valence-corrected chi connectivity index (χ1v) is 7.24. The maximum absolute atomic E-state index is 11.7. The number of amides is 1. The van der Waals surface area contributed by atoms with Crippen LogP contribution in [0.25, 0.3) is 0 Å². The van der Waals surface area contributed by atoms with Crippen molar-refractivity contribution in [2.24, 2.45) is 5.92 Å². The zero-order valence-corrected chi connectivity index (χ0v) is 13.1. The van der Waals surface area contributed by atoms with E-state index in [2.05, 4.69) is 24.5 Å². The van der Waals surface area contributed by atoms with Gasteiger partial charge in [0.1, 0.15) is 0 Å². The number of nitrogens with one attached hydrogen (secondary N) is 2. The third-order valence-corrected chi connectivity index (χ3v) is 3.24. The lowest BCUT2D eigenvalue weighted by atomic mass is 10.1. The fraction of sp³-hybridized carbons (Fsp3) is 0.500. The number of anilines is 1. The number of esters is 1. The molecule has 2 N–H and O–H groups in total. The molecule has 0 aliphatic rings. The van der Waals surface area contributed by atoms with E-state index < -0.39 is 0 Å². The summed E-state index contributed by atoms with van der Waals surface area (Å²) >= 11 is 0. The van der Waals surface area contributed by atoms with Gasteiger partial charge in [0.25, 0.3) is 0 Å². The van der Waals surface area contributed by atoms with E-state index in [1.807, 2.05) is 6.92 Å². The molecular formula is C16H24N2O3. The largest absolute Gasteiger partial charge is 0.462 e. The van der Waals surface area contributed by atoms with E-state index in [1.165, 1.54) is 0 Å². The van der Waals surface area contributed by atoms with Crippen molar-refractivity contribution < 1.29 is 14.3 Å². The molecule has 1 amide bonds. The fourth-order valence-corrected chi connectivity index (χ4v) is 1.59. The summed E-state index contributed by atoms with van der Waals surface area (Å²) < 4.78 is 4.91. The second kappa shape index (κ2) is 8.29. The van der Waals surface area contributed by atoms with Gasteiger partial charge in [-0.1, -0.05) is 13.8 Å². The van der Waals surface area contributed by atoms with Crippen molar-refractivity contribution in [2.75, 3.05) is 18.5 Å². The summed E-state index contributed by atoms with van der Waals surface area (Å²) in [6.45, 7) is 8.43. The maximum atomic E-state index is 11.7. The number of hydrogen-bond acceptors (Lipinski definition) is 4. The number of hydrogen-bond donors (Lipinski definition) is 2. The zero-order valence-electron chi connectivity index (χ0n) is 13.1. The van der Waals surface area contributed by atoms with Gasteiger partial charge in [-0.15, -0.1) is 0 Å². The van der Waals surface area contributed by atoms with E-state index in [1.54, 1.807) is 31.2 Å². The van der Waals surface area contributed by atoms with E-state index >= 15 is 0 Å². The lowest BCUT2D eigenvalue weighted by Crippen LogP contribution is -2.39. The van der Waals surface area contributed by atoms with Crippen LogP contribution in [0.2, 0.25) is 0 Å². The minimum Gasteiger partial charge on any atom is -0.462 e.